The maximum Gasteiger partial charge on any atom is 0.154 e. The quantitative estimate of drug-likeness (QED) is 0.505. The first-order chi connectivity index (χ1) is 4.47. The van der Waals surface area contributed by atoms with Crippen molar-refractivity contribution < 1.29 is 0 Å². The molecule has 1 radical (unpaired) electrons. The standard InChI is InChI=1S/C6H4N3/c1-2-6-7-4-5-9(6)8-3-1/h1-3,5H. The van der Waals surface area contributed by atoms with Crippen molar-refractivity contribution in [1.29, 1.82) is 0 Å². The van der Waals surface area contributed by atoms with Crippen LogP contribution in [0.1, 0.15) is 0 Å². The molecule has 0 atom stereocenters. The molecule has 0 aliphatic heterocycles. The molecule has 0 aromatic carbocycles. The summed E-state index contributed by atoms with van der Waals surface area (Å²) in [5.74, 6) is 0. The molecule has 0 bridgehead atoms. The van der Waals surface area contributed by atoms with Crippen molar-refractivity contribution >= 4 is 5.65 Å². The third-order valence-electron chi connectivity index (χ3n) is 1.12. The highest BCUT2D eigenvalue weighted by Gasteiger charge is 1.87. The maximum absolute atomic E-state index is 3.96. The molecule has 2 aromatic rings. The van der Waals surface area contributed by atoms with E-state index in [1.807, 2.05) is 12.1 Å². The van der Waals surface area contributed by atoms with E-state index in [0.717, 1.165) is 5.65 Å². The minimum Gasteiger partial charge on any atom is -0.225 e. The van der Waals surface area contributed by atoms with E-state index in [2.05, 4.69) is 16.3 Å². The first kappa shape index (κ1) is 4.49. The molecule has 0 unspecified atom stereocenters. The lowest BCUT2D eigenvalue weighted by molar-refractivity contribution is 0.936. The van der Waals surface area contributed by atoms with Crippen LogP contribution in [-0.2, 0) is 0 Å². The van der Waals surface area contributed by atoms with Crippen LogP contribution in [0.4, 0.5) is 0 Å². The molecular formula is C6H4N3. The summed E-state index contributed by atoms with van der Waals surface area (Å²) < 4.78 is 1.67. The highest BCUT2D eigenvalue weighted by Crippen LogP contribution is 1.92. The molecule has 43 valence electrons. The lowest BCUT2D eigenvalue weighted by atomic mass is 10.6. The number of hydrogen-bond donors (Lipinski definition) is 0. The summed E-state index contributed by atoms with van der Waals surface area (Å²) >= 11 is 0. The van der Waals surface area contributed by atoms with Crippen molar-refractivity contribution in [2.45, 2.75) is 0 Å². The van der Waals surface area contributed by atoms with Gasteiger partial charge in [-0.3, -0.25) is 0 Å². The number of imidazole rings is 1. The second-order valence-corrected chi connectivity index (χ2v) is 1.70. The number of hydrogen-bond acceptors (Lipinski definition) is 2. The molecule has 0 N–H and O–H groups in total. The van der Waals surface area contributed by atoms with E-state index in [-0.39, 0.29) is 0 Å². The zero-order chi connectivity index (χ0) is 6.10. The number of aromatic nitrogens is 3. The molecule has 0 saturated heterocycles. The van der Waals surface area contributed by atoms with E-state index in [1.165, 1.54) is 0 Å². The number of fused-ring (bicyclic) bond motifs is 1. The predicted molar refractivity (Wildman–Crippen MR) is 31.8 cm³/mol. The molecule has 0 fully saturated rings. The van der Waals surface area contributed by atoms with E-state index in [1.54, 1.807) is 16.9 Å². The van der Waals surface area contributed by atoms with Crippen LogP contribution in [0.5, 0.6) is 0 Å². The summed E-state index contributed by atoms with van der Waals surface area (Å²) in [5.41, 5.74) is 0.831. The number of rotatable bonds is 0. The molecule has 0 saturated carbocycles. The predicted octanol–water partition coefficient (Wildman–Crippen LogP) is 0.529. The molecule has 2 aromatic heterocycles. The summed E-state index contributed by atoms with van der Waals surface area (Å²) in [5, 5.41) is 3.96. The third-order valence-corrected chi connectivity index (χ3v) is 1.12. The average molecular weight is 118 g/mol. The fourth-order valence-electron chi connectivity index (χ4n) is 0.713. The van der Waals surface area contributed by atoms with Crippen LogP contribution in [0.25, 0.3) is 5.65 Å². The van der Waals surface area contributed by atoms with Crippen LogP contribution in [0, 0.1) is 6.20 Å². The summed E-state index contributed by atoms with van der Waals surface area (Å²) in [6, 6.07) is 3.72. The van der Waals surface area contributed by atoms with Crippen molar-refractivity contribution in [3.05, 3.63) is 30.7 Å². The molecule has 0 spiro atoms. The van der Waals surface area contributed by atoms with Gasteiger partial charge in [0.1, 0.15) is 6.20 Å². The van der Waals surface area contributed by atoms with Gasteiger partial charge in [0.25, 0.3) is 0 Å². The van der Waals surface area contributed by atoms with E-state index in [4.69, 9.17) is 0 Å². The zero-order valence-electron chi connectivity index (χ0n) is 4.65. The van der Waals surface area contributed by atoms with Gasteiger partial charge in [0, 0.05) is 6.20 Å². The highest BCUT2D eigenvalue weighted by atomic mass is 15.2. The third kappa shape index (κ3) is 0.579. The van der Waals surface area contributed by atoms with Crippen LogP contribution < -0.4 is 0 Å². The summed E-state index contributed by atoms with van der Waals surface area (Å²) in [7, 11) is 0. The van der Waals surface area contributed by atoms with Crippen molar-refractivity contribution in [2.24, 2.45) is 0 Å². The molecule has 0 amide bonds. The van der Waals surface area contributed by atoms with E-state index in [0.29, 0.717) is 0 Å². The van der Waals surface area contributed by atoms with Gasteiger partial charge in [0.05, 0.1) is 6.20 Å². The number of nitrogens with zero attached hydrogens (tertiary/aromatic N) is 3. The van der Waals surface area contributed by atoms with Gasteiger partial charge in [-0.25, -0.2) is 9.50 Å². The van der Waals surface area contributed by atoms with Crippen LogP contribution in [-0.4, -0.2) is 14.6 Å². The van der Waals surface area contributed by atoms with Gasteiger partial charge in [-0.2, -0.15) is 5.10 Å². The van der Waals surface area contributed by atoms with Crippen LogP contribution >= 0.6 is 0 Å². The van der Waals surface area contributed by atoms with Crippen LogP contribution in [0.2, 0.25) is 0 Å². The fraction of sp³-hybridized carbons (Fsp3) is 0. The van der Waals surface area contributed by atoms with Crippen molar-refractivity contribution in [1.82, 2.24) is 14.6 Å². The Bertz CT molecular complexity index is 282. The molecule has 3 nitrogen and oxygen atoms in total. The average Bonchev–Trinajstić information content (AvgIpc) is 2.33. The zero-order valence-corrected chi connectivity index (χ0v) is 4.65. The Labute approximate surface area is 52.0 Å². The lowest BCUT2D eigenvalue weighted by Crippen LogP contribution is -1.85. The molecule has 3 heteroatoms. The Hall–Kier alpha value is -1.38. The van der Waals surface area contributed by atoms with E-state index in [9.17, 15) is 0 Å². The molecule has 0 aliphatic rings. The Morgan fingerprint density at radius 3 is 3.44 bits per heavy atom. The van der Waals surface area contributed by atoms with Gasteiger partial charge in [0.15, 0.2) is 5.65 Å². The molecule has 2 rings (SSSR count). The second-order valence-electron chi connectivity index (χ2n) is 1.70. The first-order valence-electron chi connectivity index (χ1n) is 2.63. The van der Waals surface area contributed by atoms with Gasteiger partial charge >= 0.3 is 0 Å². The summed E-state index contributed by atoms with van der Waals surface area (Å²) in [6.07, 6.45) is 6.09. The topological polar surface area (TPSA) is 30.2 Å². The fourth-order valence-corrected chi connectivity index (χ4v) is 0.713. The Morgan fingerprint density at radius 2 is 2.56 bits per heavy atom. The van der Waals surface area contributed by atoms with Crippen molar-refractivity contribution in [2.75, 3.05) is 0 Å². The maximum atomic E-state index is 3.96. The minimum absolute atomic E-state index is 0.831. The SMILES string of the molecule is [c]1cn2ncccc2n1. The molecule has 2 heterocycles. The normalized spacial score (nSPS) is 10.2. The highest BCUT2D eigenvalue weighted by molar-refractivity contribution is 5.34. The Balaban J connectivity index is 2.95. The van der Waals surface area contributed by atoms with Gasteiger partial charge in [-0.05, 0) is 12.1 Å². The summed E-state index contributed by atoms with van der Waals surface area (Å²) in [6.45, 7) is 0. The van der Waals surface area contributed by atoms with Crippen molar-refractivity contribution in [3.8, 4) is 0 Å². The molecular weight excluding hydrogens is 114 g/mol. The second kappa shape index (κ2) is 1.55. The van der Waals surface area contributed by atoms with Crippen LogP contribution in [0.15, 0.2) is 24.5 Å². The van der Waals surface area contributed by atoms with Crippen LogP contribution in [0.3, 0.4) is 0 Å². The van der Waals surface area contributed by atoms with Gasteiger partial charge in [-0.1, -0.05) is 0 Å². The molecule has 0 aliphatic carbocycles. The smallest absolute Gasteiger partial charge is 0.154 e. The van der Waals surface area contributed by atoms with Gasteiger partial charge < -0.3 is 0 Å². The Kier molecular flexibility index (Phi) is 0.773. The van der Waals surface area contributed by atoms with Crippen molar-refractivity contribution in [3.63, 3.8) is 0 Å². The Morgan fingerprint density at radius 1 is 1.56 bits per heavy atom. The molecule has 9 heavy (non-hydrogen) atoms. The van der Waals surface area contributed by atoms with Gasteiger partial charge in [-0.15, -0.1) is 0 Å². The summed E-state index contributed by atoms with van der Waals surface area (Å²) in [4.78, 5) is 3.89. The lowest BCUT2D eigenvalue weighted by Gasteiger charge is -1.85. The van der Waals surface area contributed by atoms with E-state index < -0.39 is 0 Å². The first-order valence-corrected chi connectivity index (χ1v) is 2.63. The van der Waals surface area contributed by atoms with E-state index >= 15 is 0 Å². The largest absolute Gasteiger partial charge is 0.225 e. The minimum atomic E-state index is 0.831. The van der Waals surface area contributed by atoms with Gasteiger partial charge in [0.2, 0.25) is 0 Å². The monoisotopic (exact) mass is 118 g/mol.